The highest BCUT2D eigenvalue weighted by Crippen LogP contribution is 2.33. The van der Waals surface area contributed by atoms with E-state index >= 15 is 0 Å². The summed E-state index contributed by atoms with van der Waals surface area (Å²) in [4.78, 5) is 0. The second-order valence-electron chi connectivity index (χ2n) is 3.26. The number of hydrogen-bond acceptors (Lipinski definition) is 2. The lowest BCUT2D eigenvalue weighted by Gasteiger charge is -2.17. The van der Waals surface area contributed by atoms with Crippen LogP contribution in [0.5, 0.6) is 5.75 Å². The van der Waals surface area contributed by atoms with E-state index in [0.29, 0.717) is 12.1 Å². The molecule has 9 heteroatoms. The summed E-state index contributed by atoms with van der Waals surface area (Å²) < 4.78 is 88.2. The van der Waals surface area contributed by atoms with Gasteiger partial charge in [-0.15, -0.1) is 13.2 Å². The van der Waals surface area contributed by atoms with Crippen LogP contribution in [0.25, 0.3) is 0 Å². The van der Waals surface area contributed by atoms with Crippen LogP contribution >= 0.6 is 0 Å². The summed E-state index contributed by atoms with van der Waals surface area (Å²) in [5, 5.41) is 0. The molecule has 0 aromatic heterocycles. The van der Waals surface area contributed by atoms with Crippen LogP contribution in [-0.4, -0.2) is 12.5 Å². The summed E-state index contributed by atoms with van der Waals surface area (Å²) in [6, 6.07) is -1.18. The van der Waals surface area contributed by atoms with Crippen molar-refractivity contribution in [2.45, 2.75) is 18.6 Å². The minimum absolute atomic E-state index is 0.249. The summed E-state index contributed by atoms with van der Waals surface area (Å²) in [6.07, 6.45) is -9.95. The van der Waals surface area contributed by atoms with E-state index < -0.39 is 35.7 Å². The van der Waals surface area contributed by atoms with Gasteiger partial charge in [0.1, 0.15) is 6.04 Å². The Morgan fingerprint density at radius 2 is 1.61 bits per heavy atom. The van der Waals surface area contributed by atoms with E-state index in [4.69, 9.17) is 5.73 Å². The van der Waals surface area contributed by atoms with Crippen LogP contribution in [0.3, 0.4) is 0 Å². The summed E-state index contributed by atoms with van der Waals surface area (Å²) in [5.41, 5.74) is 4.06. The molecule has 0 amide bonds. The van der Waals surface area contributed by atoms with Crippen LogP contribution in [0.4, 0.5) is 30.7 Å². The second-order valence-corrected chi connectivity index (χ2v) is 3.26. The van der Waals surface area contributed by atoms with Gasteiger partial charge in [0.2, 0.25) is 0 Å². The molecule has 0 aliphatic rings. The fraction of sp³-hybridized carbons (Fsp3) is 0.333. The molecule has 0 saturated carbocycles. The zero-order valence-corrected chi connectivity index (χ0v) is 8.44. The molecule has 2 N–H and O–H groups in total. The van der Waals surface area contributed by atoms with E-state index in [1.54, 1.807) is 0 Å². The molecule has 0 aliphatic carbocycles. The van der Waals surface area contributed by atoms with Crippen LogP contribution in [0.2, 0.25) is 0 Å². The Labute approximate surface area is 96.1 Å². The van der Waals surface area contributed by atoms with Gasteiger partial charge in [-0.3, -0.25) is 0 Å². The summed E-state index contributed by atoms with van der Waals surface area (Å²) in [7, 11) is 0. The van der Waals surface area contributed by atoms with Crippen molar-refractivity contribution in [1.29, 1.82) is 0 Å². The smallest absolute Gasteiger partial charge is 0.403 e. The lowest BCUT2D eigenvalue weighted by Crippen LogP contribution is -2.28. The molecule has 0 bridgehead atoms. The van der Waals surface area contributed by atoms with Crippen LogP contribution < -0.4 is 10.5 Å². The van der Waals surface area contributed by atoms with E-state index in [9.17, 15) is 30.7 Å². The van der Waals surface area contributed by atoms with Crippen LogP contribution in [0.1, 0.15) is 11.6 Å². The topological polar surface area (TPSA) is 35.2 Å². The monoisotopic (exact) mass is 277 g/mol. The van der Waals surface area contributed by atoms with Gasteiger partial charge < -0.3 is 10.5 Å². The van der Waals surface area contributed by atoms with E-state index in [0.717, 1.165) is 0 Å². The van der Waals surface area contributed by atoms with Crippen molar-refractivity contribution >= 4 is 0 Å². The summed E-state index contributed by atoms with van der Waals surface area (Å²) in [5.74, 6) is -2.80. The minimum Gasteiger partial charge on any atom is -0.403 e. The summed E-state index contributed by atoms with van der Waals surface area (Å²) in [6.45, 7) is 0. The van der Waals surface area contributed by atoms with Gasteiger partial charge in [-0.25, -0.2) is 4.39 Å². The first kappa shape index (κ1) is 14.6. The molecule has 0 fully saturated rings. The maximum absolute atomic E-state index is 13.1. The number of halogens is 7. The van der Waals surface area contributed by atoms with Gasteiger partial charge in [-0.05, 0) is 17.7 Å². The largest absolute Gasteiger partial charge is 0.573 e. The molecule has 0 aliphatic heterocycles. The van der Waals surface area contributed by atoms with Gasteiger partial charge in [0.25, 0.3) is 0 Å². The number of rotatable bonds is 2. The number of hydrogen-bond donors (Lipinski definition) is 1. The molecule has 0 saturated heterocycles. The molecule has 1 aromatic rings. The molecule has 2 nitrogen and oxygen atoms in total. The van der Waals surface area contributed by atoms with Crippen molar-refractivity contribution in [3.8, 4) is 5.75 Å². The minimum atomic E-state index is -5.13. The Bertz CT molecular complexity index is 426. The maximum Gasteiger partial charge on any atom is 0.573 e. The Morgan fingerprint density at radius 3 is 2.00 bits per heavy atom. The van der Waals surface area contributed by atoms with E-state index in [2.05, 4.69) is 4.74 Å². The highest BCUT2D eigenvalue weighted by atomic mass is 19.4. The van der Waals surface area contributed by atoms with Gasteiger partial charge in [-0.2, -0.15) is 13.2 Å². The molecule has 0 radical (unpaired) electrons. The van der Waals surface area contributed by atoms with Crippen LogP contribution in [-0.2, 0) is 0 Å². The molecule has 0 unspecified atom stereocenters. The SMILES string of the molecule is N[C@H](c1ccc(OC(F)(F)F)c(F)c1)C(F)(F)F. The number of nitrogens with two attached hydrogens (primary N) is 1. The lowest BCUT2D eigenvalue weighted by molar-refractivity contribution is -0.275. The fourth-order valence-electron chi connectivity index (χ4n) is 1.11. The predicted molar refractivity (Wildman–Crippen MR) is 46.1 cm³/mol. The highest BCUT2D eigenvalue weighted by Gasteiger charge is 2.38. The predicted octanol–water partition coefficient (Wildman–Crippen LogP) is 3.29. The van der Waals surface area contributed by atoms with Gasteiger partial charge in [0.15, 0.2) is 11.6 Å². The number of alkyl halides is 6. The Balaban J connectivity index is 3.00. The molecule has 1 atom stereocenters. The van der Waals surface area contributed by atoms with Gasteiger partial charge in [0, 0.05) is 0 Å². The third kappa shape index (κ3) is 3.76. The molecular weight excluding hydrogens is 271 g/mol. The van der Waals surface area contributed by atoms with E-state index in [1.807, 2.05) is 0 Å². The second kappa shape index (κ2) is 4.63. The fourth-order valence-corrected chi connectivity index (χ4v) is 1.11. The van der Waals surface area contributed by atoms with Crippen molar-refractivity contribution in [2.75, 3.05) is 0 Å². The first-order valence-electron chi connectivity index (χ1n) is 4.38. The molecular formula is C9H6F7NO. The van der Waals surface area contributed by atoms with Crippen LogP contribution in [0.15, 0.2) is 18.2 Å². The molecule has 1 rings (SSSR count). The first-order chi connectivity index (χ1) is 8.00. The van der Waals surface area contributed by atoms with Crippen molar-refractivity contribution in [3.63, 3.8) is 0 Å². The third-order valence-electron chi connectivity index (χ3n) is 1.89. The molecule has 102 valence electrons. The van der Waals surface area contributed by atoms with Gasteiger partial charge in [0.05, 0.1) is 0 Å². The van der Waals surface area contributed by atoms with Gasteiger partial charge >= 0.3 is 12.5 Å². The summed E-state index contributed by atoms with van der Waals surface area (Å²) >= 11 is 0. The van der Waals surface area contributed by atoms with Crippen LogP contribution in [0, 0.1) is 5.82 Å². The number of benzene rings is 1. The molecule has 0 heterocycles. The standard InChI is InChI=1S/C9H6F7NO/c10-5-3-4(7(17)8(11,12)13)1-2-6(5)18-9(14,15)16/h1-3,7H,17H2/t7-/m1/s1. The zero-order chi connectivity index (χ0) is 14.1. The normalized spacial score (nSPS) is 14.4. The van der Waals surface area contributed by atoms with Crippen molar-refractivity contribution in [2.24, 2.45) is 5.73 Å². The lowest BCUT2D eigenvalue weighted by atomic mass is 10.1. The molecule has 0 spiro atoms. The average Bonchev–Trinajstić information content (AvgIpc) is 2.16. The Kier molecular flexibility index (Phi) is 3.75. The van der Waals surface area contributed by atoms with Crippen molar-refractivity contribution in [1.82, 2.24) is 0 Å². The van der Waals surface area contributed by atoms with E-state index in [-0.39, 0.29) is 6.07 Å². The number of ether oxygens (including phenoxy) is 1. The Morgan fingerprint density at radius 1 is 1.06 bits per heavy atom. The quantitative estimate of drug-likeness (QED) is 0.842. The third-order valence-corrected chi connectivity index (χ3v) is 1.89. The average molecular weight is 277 g/mol. The van der Waals surface area contributed by atoms with Crippen molar-refractivity contribution < 1.29 is 35.5 Å². The first-order valence-corrected chi connectivity index (χ1v) is 4.38. The van der Waals surface area contributed by atoms with Gasteiger partial charge in [-0.1, -0.05) is 6.07 Å². The molecule has 18 heavy (non-hydrogen) atoms. The maximum atomic E-state index is 13.1. The highest BCUT2D eigenvalue weighted by molar-refractivity contribution is 5.31. The zero-order valence-electron chi connectivity index (χ0n) is 8.44. The van der Waals surface area contributed by atoms with E-state index in [1.165, 1.54) is 0 Å². The Hall–Kier alpha value is -1.51. The molecule has 1 aromatic carbocycles. The van der Waals surface area contributed by atoms with Crippen molar-refractivity contribution in [3.05, 3.63) is 29.6 Å².